The van der Waals surface area contributed by atoms with Crippen LogP contribution in [-0.4, -0.2) is 59.6 Å². The van der Waals surface area contributed by atoms with Crippen LogP contribution in [0.15, 0.2) is 36.5 Å². The summed E-state index contributed by atoms with van der Waals surface area (Å²) in [5.74, 6) is 0.698. The van der Waals surface area contributed by atoms with Gasteiger partial charge in [-0.05, 0) is 43.8 Å². The van der Waals surface area contributed by atoms with Gasteiger partial charge in [0.05, 0.1) is 12.2 Å². The fourth-order valence-electron chi connectivity index (χ4n) is 3.24. The normalized spacial score (nSPS) is 14.9. The number of ether oxygens (including phenoxy) is 1. The Morgan fingerprint density at radius 3 is 2.38 bits per heavy atom. The first kappa shape index (κ1) is 18.0. The Morgan fingerprint density at radius 1 is 1.12 bits per heavy atom. The van der Waals surface area contributed by atoms with Crippen LogP contribution in [0.25, 0.3) is 5.69 Å². The topological polar surface area (TPSA) is 61.5 Å². The summed E-state index contributed by atoms with van der Waals surface area (Å²) >= 11 is 0. The monoisotopic (exact) mass is 352 g/mol. The van der Waals surface area contributed by atoms with Crippen LogP contribution in [-0.2, 0) is 0 Å². The molecule has 0 atom stereocenters. The number of aromatic nitrogens is 1. The molecule has 26 heavy (non-hydrogen) atoms. The summed E-state index contributed by atoms with van der Waals surface area (Å²) in [6.45, 7) is 8.78. The Morgan fingerprint density at radius 2 is 1.81 bits per heavy atom. The Bertz CT molecular complexity index is 796. The minimum absolute atomic E-state index is 0.0869. The Balaban J connectivity index is 1.88. The molecule has 0 aliphatic carbocycles. The highest BCUT2D eigenvalue weighted by Crippen LogP contribution is 2.22. The molecule has 0 radical (unpaired) electrons. The molecular formula is C20H24N4O2. The van der Waals surface area contributed by atoms with E-state index in [9.17, 15) is 10.1 Å². The van der Waals surface area contributed by atoms with E-state index in [0.717, 1.165) is 31.1 Å². The highest BCUT2D eigenvalue weighted by molar-refractivity contribution is 5.96. The van der Waals surface area contributed by atoms with Gasteiger partial charge in [-0.2, -0.15) is 5.26 Å². The summed E-state index contributed by atoms with van der Waals surface area (Å²) in [6.07, 6.45) is 1.78. The van der Waals surface area contributed by atoms with E-state index in [2.05, 4.69) is 17.9 Å². The average Bonchev–Trinajstić information content (AvgIpc) is 3.12. The highest BCUT2D eigenvalue weighted by atomic mass is 16.5. The maximum Gasteiger partial charge on any atom is 0.272 e. The van der Waals surface area contributed by atoms with Gasteiger partial charge in [0, 0.05) is 38.1 Å². The van der Waals surface area contributed by atoms with E-state index in [1.807, 2.05) is 36.1 Å². The second kappa shape index (κ2) is 8.07. The van der Waals surface area contributed by atoms with Gasteiger partial charge in [-0.3, -0.25) is 4.79 Å². The highest BCUT2D eigenvalue weighted by Gasteiger charge is 2.26. The summed E-state index contributed by atoms with van der Waals surface area (Å²) in [5, 5.41) is 9.46. The predicted molar refractivity (Wildman–Crippen MR) is 99.7 cm³/mol. The number of amides is 1. The minimum Gasteiger partial charge on any atom is -0.494 e. The van der Waals surface area contributed by atoms with E-state index in [-0.39, 0.29) is 5.91 Å². The third-order valence-electron chi connectivity index (χ3n) is 4.74. The molecule has 1 amide bonds. The second-order valence-electron chi connectivity index (χ2n) is 6.21. The van der Waals surface area contributed by atoms with E-state index in [1.54, 1.807) is 16.8 Å². The number of hydrogen-bond donors (Lipinski definition) is 0. The molecule has 0 N–H and O–H groups in total. The van der Waals surface area contributed by atoms with Crippen LogP contribution in [0.4, 0.5) is 0 Å². The third-order valence-corrected chi connectivity index (χ3v) is 4.74. The fourth-order valence-corrected chi connectivity index (χ4v) is 3.24. The molecule has 0 saturated carbocycles. The standard InChI is InChI=1S/C20H24N4O2/c1-3-22-11-13-23(14-12-22)20(25)19-16(15-21)9-10-24(19)17-5-7-18(8-6-17)26-4-2/h5-10H,3-4,11-14H2,1-2H3. The molecule has 6 nitrogen and oxygen atoms in total. The molecule has 1 saturated heterocycles. The molecule has 0 unspecified atom stereocenters. The van der Waals surface area contributed by atoms with Crippen molar-refractivity contribution in [3.63, 3.8) is 0 Å². The van der Waals surface area contributed by atoms with Crippen molar-refractivity contribution in [1.29, 1.82) is 5.26 Å². The van der Waals surface area contributed by atoms with Crippen molar-refractivity contribution in [3.8, 4) is 17.5 Å². The zero-order valence-corrected chi connectivity index (χ0v) is 15.3. The average molecular weight is 352 g/mol. The molecule has 1 aliphatic rings. The number of carbonyl (C=O) groups is 1. The number of carbonyl (C=O) groups excluding carboxylic acids is 1. The predicted octanol–water partition coefficient (Wildman–Crippen LogP) is 2.53. The molecule has 1 aromatic heterocycles. The molecule has 6 heteroatoms. The minimum atomic E-state index is -0.0869. The zero-order chi connectivity index (χ0) is 18.5. The first-order valence-corrected chi connectivity index (χ1v) is 9.04. The number of likely N-dealkylation sites (N-methyl/N-ethyl adjacent to an activating group) is 1. The molecule has 1 aliphatic heterocycles. The van der Waals surface area contributed by atoms with Gasteiger partial charge in [0.2, 0.25) is 0 Å². The van der Waals surface area contributed by atoms with E-state index < -0.39 is 0 Å². The lowest BCUT2D eigenvalue weighted by atomic mass is 10.2. The van der Waals surface area contributed by atoms with E-state index >= 15 is 0 Å². The fraction of sp³-hybridized carbons (Fsp3) is 0.400. The molecule has 2 heterocycles. The number of nitriles is 1. The summed E-state index contributed by atoms with van der Waals surface area (Å²) < 4.78 is 7.27. The van der Waals surface area contributed by atoms with Crippen molar-refractivity contribution in [2.75, 3.05) is 39.3 Å². The van der Waals surface area contributed by atoms with E-state index in [0.29, 0.717) is 31.0 Å². The Kier molecular flexibility index (Phi) is 5.59. The van der Waals surface area contributed by atoms with Gasteiger partial charge < -0.3 is 19.1 Å². The molecule has 136 valence electrons. The van der Waals surface area contributed by atoms with Gasteiger partial charge in [-0.1, -0.05) is 6.92 Å². The molecule has 2 aromatic rings. The van der Waals surface area contributed by atoms with Crippen molar-refractivity contribution in [3.05, 3.63) is 47.8 Å². The quantitative estimate of drug-likeness (QED) is 0.830. The van der Waals surface area contributed by atoms with Crippen LogP contribution in [0.1, 0.15) is 29.9 Å². The first-order chi connectivity index (χ1) is 12.7. The van der Waals surface area contributed by atoms with Crippen molar-refractivity contribution >= 4 is 5.91 Å². The lowest BCUT2D eigenvalue weighted by Crippen LogP contribution is -2.48. The molecular weight excluding hydrogens is 328 g/mol. The van der Waals surface area contributed by atoms with Crippen LogP contribution in [0.5, 0.6) is 5.75 Å². The second-order valence-corrected chi connectivity index (χ2v) is 6.21. The maximum atomic E-state index is 13.1. The number of rotatable bonds is 5. The lowest BCUT2D eigenvalue weighted by Gasteiger charge is -2.34. The number of piperazine rings is 1. The molecule has 0 bridgehead atoms. The van der Waals surface area contributed by atoms with Crippen molar-refractivity contribution in [2.24, 2.45) is 0 Å². The summed E-state index contributed by atoms with van der Waals surface area (Å²) in [6, 6.07) is 11.4. The Hall–Kier alpha value is -2.78. The van der Waals surface area contributed by atoms with Gasteiger partial charge >= 0.3 is 0 Å². The van der Waals surface area contributed by atoms with Gasteiger partial charge in [0.1, 0.15) is 17.5 Å². The van der Waals surface area contributed by atoms with Gasteiger partial charge in [-0.15, -0.1) is 0 Å². The van der Waals surface area contributed by atoms with Crippen molar-refractivity contribution in [2.45, 2.75) is 13.8 Å². The first-order valence-electron chi connectivity index (χ1n) is 9.04. The number of hydrogen-bond acceptors (Lipinski definition) is 4. The Labute approximate surface area is 154 Å². The molecule has 1 aromatic carbocycles. The van der Waals surface area contributed by atoms with Crippen LogP contribution in [0.3, 0.4) is 0 Å². The lowest BCUT2D eigenvalue weighted by molar-refractivity contribution is 0.0635. The summed E-state index contributed by atoms with van der Waals surface area (Å²) in [5.41, 5.74) is 1.67. The van der Waals surface area contributed by atoms with Gasteiger partial charge in [0.15, 0.2) is 0 Å². The molecule has 1 fully saturated rings. The van der Waals surface area contributed by atoms with Crippen LogP contribution < -0.4 is 4.74 Å². The van der Waals surface area contributed by atoms with Crippen LogP contribution in [0, 0.1) is 11.3 Å². The molecule has 3 rings (SSSR count). The maximum absolute atomic E-state index is 13.1. The molecule has 0 spiro atoms. The van der Waals surface area contributed by atoms with Crippen molar-refractivity contribution < 1.29 is 9.53 Å². The third kappa shape index (κ3) is 3.58. The number of benzene rings is 1. The van der Waals surface area contributed by atoms with Crippen LogP contribution >= 0.6 is 0 Å². The van der Waals surface area contributed by atoms with Gasteiger partial charge in [0.25, 0.3) is 5.91 Å². The summed E-state index contributed by atoms with van der Waals surface area (Å²) in [7, 11) is 0. The largest absolute Gasteiger partial charge is 0.494 e. The zero-order valence-electron chi connectivity index (χ0n) is 15.3. The van der Waals surface area contributed by atoms with E-state index in [1.165, 1.54) is 0 Å². The smallest absolute Gasteiger partial charge is 0.272 e. The summed E-state index contributed by atoms with van der Waals surface area (Å²) in [4.78, 5) is 17.3. The van der Waals surface area contributed by atoms with Crippen LogP contribution in [0.2, 0.25) is 0 Å². The number of nitrogens with zero attached hydrogens (tertiary/aromatic N) is 4. The van der Waals surface area contributed by atoms with E-state index in [4.69, 9.17) is 4.74 Å². The SMILES string of the molecule is CCOc1ccc(-n2ccc(C#N)c2C(=O)N2CCN(CC)CC2)cc1. The van der Waals surface area contributed by atoms with Gasteiger partial charge in [-0.25, -0.2) is 0 Å². The van der Waals surface area contributed by atoms with Crippen molar-refractivity contribution in [1.82, 2.24) is 14.4 Å².